The molecule has 2 N–H and O–H groups in total. The zero-order valence-corrected chi connectivity index (χ0v) is 11.9. The minimum absolute atomic E-state index is 0.426. The van der Waals surface area contributed by atoms with E-state index in [2.05, 4.69) is 5.32 Å². The van der Waals surface area contributed by atoms with Crippen LogP contribution in [0.25, 0.3) is 0 Å². The molecule has 0 aromatic heterocycles. The first-order valence-electron chi connectivity index (χ1n) is 6.41. The molecule has 0 amide bonds. The van der Waals surface area contributed by atoms with Crippen molar-refractivity contribution < 1.29 is 9.90 Å². The Labute approximate surface area is 123 Å². The summed E-state index contributed by atoms with van der Waals surface area (Å²) in [6.07, 6.45) is 0.426. The number of halogens is 1. The maximum Gasteiger partial charge on any atom is 0.334 e. The molecule has 1 atom stereocenters. The summed E-state index contributed by atoms with van der Waals surface area (Å²) in [5, 5.41) is 13.4. The van der Waals surface area contributed by atoms with Crippen molar-refractivity contribution in [3.05, 3.63) is 65.2 Å². The van der Waals surface area contributed by atoms with Gasteiger partial charge in [-0.05, 0) is 36.2 Å². The van der Waals surface area contributed by atoms with Gasteiger partial charge < -0.3 is 10.4 Å². The minimum atomic E-state index is -1.14. The highest BCUT2D eigenvalue weighted by Crippen LogP contribution is 2.30. The van der Waals surface area contributed by atoms with Crippen molar-refractivity contribution >= 4 is 23.3 Å². The monoisotopic (exact) mass is 289 g/mol. The molecule has 2 rings (SSSR count). The van der Waals surface area contributed by atoms with Crippen LogP contribution in [-0.4, -0.2) is 11.1 Å². The Bertz CT molecular complexity index is 583. The lowest BCUT2D eigenvalue weighted by Crippen LogP contribution is -2.42. The SMILES string of the molecule is CCC(Nc1ccc(Cl)cc1)(C(=O)O)c1ccccc1. The molecule has 0 aliphatic carbocycles. The molecule has 2 aromatic carbocycles. The van der Waals surface area contributed by atoms with Gasteiger partial charge >= 0.3 is 5.97 Å². The maximum absolute atomic E-state index is 11.8. The summed E-state index contributed by atoms with van der Waals surface area (Å²) in [7, 11) is 0. The lowest BCUT2D eigenvalue weighted by molar-refractivity contribution is -0.142. The molecule has 4 heteroatoms. The number of rotatable bonds is 5. The van der Waals surface area contributed by atoms with Crippen molar-refractivity contribution in [1.82, 2.24) is 0 Å². The largest absolute Gasteiger partial charge is 0.479 e. The fourth-order valence-electron chi connectivity index (χ4n) is 2.20. The van der Waals surface area contributed by atoms with Crippen LogP contribution in [0, 0.1) is 0 Å². The third kappa shape index (κ3) is 2.78. The van der Waals surface area contributed by atoms with Crippen LogP contribution in [0.1, 0.15) is 18.9 Å². The first-order chi connectivity index (χ1) is 9.58. The third-order valence-corrected chi connectivity index (χ3v) is 3.62. The van der Waals surface area contributed by atoms with E-state index in [1.54, 1.807) is 24.3 Å². The van der Waals surface area contributed by atoms with Crippen molar-refractivity contribution in [2.75, 3.05) is 5.32 Å². The number of carboxylic acids is 1. The van der Waals surface area contributed by atoms with E-state index in [1.165, 1.54) is 0 Å². The van der Waals surface area contributed by atoms with Gasteiger partial charge in [-0.2, -0.15) is 0 Å². The van der Waals surface area contributed by atoms with Crippen LogP contribution in [0.4, 0.5) is 5.69 Å². The average molecular weight is 290 g/mol. The topological polar surface area (TPSA) is 49.3 Å². The summed E-state index contributed by atoms with van der Waals surface area (Å²) in [4.78, 5) is 11.8. The number of carboxylic acid groups (broad SMARTS) is 1. The van der Waals surface area contributed by atoms with Crippen LogP contribution in [0.15, 0.2) is 54.6 Å². The Kier molecular flexibility index (Phi) is 4.30. The van der Waals surface area contributed by atoms with Crippen molar-refractivity contribution in [3.8, 4) is 0 Å². The van der Waals surface area contributed by atoms with Gasteiger partial charge in [0.1, 0.15) is 0 Å². The molecule has 0 saturated heterocycles. The highest BCUT2D eigenvalue weighted by atomic mass is 35.5. The van der Waals surface area contributed by atoms with E-state index in [0.717, 1.165) is 11.3 Å². The molecule has 3 nitrogen and oxygen atoms in total. The van der Waals surface area contributed by atoms with Gasteiger partial charge in [-0.1, -0.05) is 48.9 Å². The normalized spacial score (nSPS) is 13.5. The summed E-state index contributed by atoms with van der Waals surface area (Å²) in [6, 6.07) is 16.2. The average Bonchev–Trinajstić information content (AvgIpc) is 2.47. The van der Waals surface area contributed by atoms with E-state index in [0.29, 0.717) is 11.4 Å². The number of anilines is 1. The number of benzene rings is 2. The van der Waals surface area contributed by atoms with E-state index in [9.17, 15) is 9.90 Å². The van der Waals surface area contributed by atoms with Crippen molar-refractivity contribution in [2.45, 2.75) is 18.9 Å². The first kappa shape index (κ1) is 14.4. The van der Waals surface area contributed by atoms with Crippen LogP contribution in [0.3, 0.4) is 0 Å². The molecular formula is C16H16ClNO2. The van der Waals surface area contributed by atoms with E-state index in [1.807, 2.05) is 37.3 Å². The highest BCUT2D eigenvalue weighted by molar-refractivity contribution is 6.30. The quantitative estimate of drug-likeness (QED) is 0.869. The predicted octanol–water partition coefficient (Wildman–Crippen LogP) is 4.14. The van der Waals surface area contributed by atoms with Crippen molar-refractivity contribution in [3.63, 3.8) is 0 Å². The van der Waals surface area contributed by atoms with Crippen LogP contribution < -0.4 is 5.32 Å². The lowest BCUT2D eigenvalue weighted by Gasteiger charge is -2.31. The maximum atomic E-state index is 11.8. The molecule has 104 valence electrons. The number of aliphatic carboxylic acids is 1. The second kappa shape index (κ2) is 5.97. The van der Waals surface area contributed by atoms with Crippen molar-refractivity contribution in [2.24, 2.45) is 0 Å². The van der Waals surface area contributed by atoms with Gasteiger partial charge in [0.05, 0.1) is 0 Å². The molecule has 1 unspecified atom stereocenters. The van der Waals surface area contributed by atoms with Crippen LogP contribution >= 0.6 is 11.6 Å². The van der Waals surface area contributed by atoms with E-state index in [-0.39, 0.29) is 0 Å². The fourth-order valence-corrected chi connectivity index (χ4v) is 2.32. The zero-order chi connectivity index (χ0) is 14.6. The summed E-state index contributed by atoms with van der Waals surface area (Å²) >= 11 is 5.85. The molecule has 0 spiro atoms. The summed E-state index contributed by atoms with van der Waals surface area (Å²) in [5.41, 5.74) is 0.308. The van der Waals surface area contributed by atoms with E-state index < -0.39 is 11.5 Å². The molecule has 0 radical (unpaired) electrons. The molecule has 0 bridgehead atoms. The number of nitrogens with one attached hydrogen (secondary N) is 1. The van der Waals surface area contributed by atoms with E-state index in [4.69, 9.17) is 11.6 Å². The van der Waals surface area contributed by atoms with Gasteiger partial charge in [0.25, 0.3) is 0 Å². The Morgan fingerprint density at radius 2 is 1.75 bits per heavy atom. The van der Waals surface area contributed by atoms with Gasteiger partial charge in [-0.3, -0.25) is 0 Å². The minimum Gasteiger partial charge on any atom is -0.479 e. The van der Waals surface area contributed by atoms with Gasteiger partial charge in [0.2, 0.25) is 0 Å². The summed E-state index contributed by atoms with van der Waals surface area (Å²) in [6.45, 7) is 1.85. The van der Waals surface area contributed by atoms with Crippen LogP contribution in [0.2, 0.25) is 5.02 Å². The number of carbonyl (C=O) groups is 1. The smallest absolute Gasteiger partial charge is 0.334 e. The van der Waals surface area contributed by atoms with E-state index >= 15 is 0 Å². The van der Waals surface area contributed by atoms with Crippen LogP contribution in [-0.2, 0) is 10.3 Å². The first-order valence-corrected chi connectivity index (χ1v) is 6.79. The van der Waals surface area contributed by atoms with Crippen molar-refractivity contribution in [1.29, 1.82) is 0 Å². The summed E-state index contributed by atoms with van der Waals surface area (Å²) < 4.78 is 0. The van der Waals surface area contributed by atoms with Gasteiger partial charge in [0.15, 0.2) is 5.54 Å². The summed E-state index contributed by atoms with van der Waals surface area (Å²) in [5.74, 6) is -0.902. The number of hydrogen-bond donors (Lipinski definition) is 2. The molecule has 0 aliphatic rings. The molecule has 0 saturated carbocycles. The molecule has 0 fully saturated rings. The third-order valence-electron chi connectivity index (χ3n) is 3.36. The second-order valence-electron chi connectivity index (χ2n) is 4.56. The second-order valence-corrected chi connectivity index (χ2v) is 5.00. The van der Waals surface area contributed by atoms with Gasteiger partial charge in [-0.15, -0.1) is 0 Å². The Balaban J connectivity index is 2.42. The fraction of sp³-hybridized carbons (Fsp3) is 0.188. The molecule has 0 heterocycles. The molecule has 0 aliphatic heterocycles. The molecule has 2 aromatic rings. The Morgan fingerprint density at radius 3 is 2.25 bits per heavy atom. The predicted molar refractivity (Wildman–Crippen MR) is 81.1 cm³/mol. The van der Waals surface area contributed by atoms with Gasteiger partial charge in [-0.25, -0.2) is 4.79 Å². The van der Waals surface area contributed by atoms with Crippen LogP contribution in [0.5, 0.6) is 0 Å². The highest BCUT2D eigenvalue weighted by Gasteiger charge is 2.38. The Morgan fingerprint density at radius 1 is 1.15 bits per heavy atom. The number of hydrogen-bond acceptors (Lipinski definition) is 2. The van der Waals surface area contributed by atoms with Gasteiger partial charge in [0, 0.05) is 10.7 Å². The Hall–Kier alpha value is -2.00. The standard InChI is InChI=1S/C16H16ClNO2/c1-2-16(15(19)20,12-6-4-3-5-7-12)18-14-10-8-13(17)9-11-14/h3-11,18H,2H2,1H3,(H,19,20). The molecular weight excluding hydrogens is 274 g/mol. The molecule has 20 heavy (non-hydrogen) atoms. The zero-order valence-electron chi connectivity index (χ0n) is 11.1. The lowest BCUT2D eigenvalue weighted by atomic mass is 9.87.